The molecule has 170 valence electrons. The summed E-state index contributed by atoms with van der Waals surface area (Å²) >= 11 is 4.93. The number of ether oxygens (including phenoxy) is 1. The van der Waals surface area contributed by atoms with Crippen molar-refractivity contribution in [3.05, 3.63) is 51.4 Å². The normalized spacial score (nSPS) is 14.5. The molecule has 32 heavy (non-hydrogen) atoms. The average Bonchev–Trinajstić information content (AvgIpc) is 3.24. The topological polar surface area (TPSA) is 80.5 Å². The monoisotopic (exact) mass is 516 g/mol. The zero-order chi connectivity index (χ0) is 22.3. The predicted molar refractivity (Wildman–Crippen MR) is 134 cm³/mol. The first kappa shape index (κ1) is 23.0. The van der Waals surface area contributed by atoms with E-state index in [0.717, 1.165) is 45.3 Å². The Labute approximate surface area is 201 Å². The summed E-state index contributed by atoms with van der Waals surface area (Å²) in [5.41, 5.74) is 7.68. The largest absolute Gasteiger partial charge is 0.489 e. The van der Waals surface area contributed by atoms with Crippen molar-refractivity contribution in [2.75, 3.05) is 31.9 Å². The number of nitrogen functional groups attached to an aromatic ring is 1. The van der Waals surface area contributed by atoms with Crippen LogP contribution in [0.5, 0.6) is 5.75 Å². The number of nitrogens with zero attached hydrogens (tertiary/aromatic N) is 2. The predicted octanol–water partition coefficient (Wildman–Crippen LogP) is 5.22. The number of thiophene rings is 1. The van der Waals surface area contributed by atoms with Crippen molar-refractivity contribution in [1.29, 1.82) is 0 Å². The highest BCUT2D eigenvalue weighted by Crippen LogP contribution is 2.33. The molecule has 1 aliphatic heterocycles. The number of likely N-dealkylation sites (tertiary alicyclic amines) is 1. The van der Waals surface area contributed by atoms with E-state index in [2.05, 4.69) is 31.1 Å². The lowest BCUT2D eigenvalue weighted by Crippen LogP contribution is -2.31. The molecule has 4 rings (SSSR count). The van der Waals surface area contributed by atoms with Gasteiger partial charge in [0.2, 0.25) is 0 Å². The zero-order valence-corrected chi connectivity index (χ0v) is 20.5. The highest BCUT2D eigenvalue weighted by atomic mass is 79.9. The third-order valence-electron chi connectivity index (χ3n) is 5.79. The van der Waals surface area contributed by atoms with Gasteiger partial charge in [-0.25, -0.2) is 4.98 Å². The highest BCUT2D eigenvalue weighted by molar-refractivity contribution is 9.10. The Kier molecular flexibility index (Phi) is 8.00. The van der Waals surface area contributed by atoms with E-state index in [1.54, 1.807) is 6.20 Å². The Morgan fingerprint density at radius 3 is 2.75 bits per heavy atom. The minimum absolute atomic E-state index is 0.0947. The van der Waals surface area contributed by atoms with E-state index < -0.39 is 0 Å². The third-order valence-corrected chi connectivity index (χ3v) is 7.38. The SMILES string of the molecule is Nc1ncc(C(=O)NCCCCN2CCCCC2)c2scc(COc3ccc(Br)cc3)c12. The quantitative estimate of drug-likeness (QED) is 0.381. The lowest BCUT2D eigenvalue weighted by Gasteiger charge is -2.26. The minimum Gasteiger partial charge on any atom is -0.489 e. The number of anilines is 1. The molecular weight excluding hydrogens is 488 g/mol. The molecule has 1 fully saturated rings. The molecule has 3 heterocycles. The number of carbonyl (C=O) groups excluding carboxylic acids is 1. The molecule has 0 spiro atoms. The molecule has 1 aliphatic rings. The second kappa shape index (κ2) is 11.1. The molecule has 0 atom stereocenters. The van der Waals surface area contributed by atoms with Crippen molar-refractivity contribution >= 4 is 49.1 Å². The van der Waals surface area contributed by atoms with Crippen LogP contribution in [-0.4, -0.2) is 42.0 Å². The summed E-state index contributed by atoms with van der Waals surface area (Å²) in [5.74, 6) is 1.11. The van der Waals surface area contributed by atoms with Gasteiger partial charge < -0.3 is 20.7 Å². The fourth-order valence-corrected chi connectivity index (χ4v) is 5.37. The number of rotatable bonds is 9. The number of pyridine rings is 1. The molecule has 0 saturated carbocycles. The fraction of sp³-hybridized carbons (Fsp3) is 0.417. The van der Waals surface area contributed by atoms with E-state index in [9.17, 15) is 4.79 Å². The van der Waals surface area contributed by atoms with Gasteiger partial charge in [0.05, 0.1) is 10.3 Å². The van der Waals surface area contributed by atoms with Gasteiger partial charge in [-0.15, -0.1) is 11.3 Å². The number of hydrogen-bond donors (Lipinski definition) is 2. The molecule has 0 radical (unpaired) electrons. The van der Waals surface area contributed by atoms with Gasteiger partial charge in [0.15, 0.2) is 0 Å². The number of unbranched alkanes of at least 4 members (excludes halogenated alkanes) is 1. The Bertz CT molecular complexity index is 1050. The van der Waals surface area contributed by atoms with Crippen LogP contribution in [0.3, 0.4) is 0 Å². The number of amides is 1. The van der Waals surface area contributed by atoms with Crippen molar-refractivity contribution in [2.45, 2.75) is 38.7 Å². The van der Waals surface area contributed by atoms with Crippen LogP contribution in [0.4, 0.5) is 5.82 Å². The van der Waals surface area contributed by atoms with Crippen LogP contribution in [0.1, 0.15) is 48.0 Å². The maximum atomic E-state index is 12.8. The highest BCUT2D eigenvalue weighted by Gasteiger charge is 2.17. The van der Waals surface area contributed by atoms with Gasteiger partial charge in [-0.3, -0.25) is 4.79 Å². The lowest BCUT2D eigenvalue weighted by atomic mass is 10.1. The zero-order valence-electron chi connectivity index (χ0n) is 18.1. The Morgan fingerprint density at radius 2 is 1.97 bits per heavy atom. The smallest absolute Gasteiger partial charge is 0.254 e. The van der Waals surface area contributed by atoms with Crippen molar-refractivity contribution < 1.29 is 9.53 Å². The van der Waals surface area contributed by atoms with E-state index in [1.807, 2.05) is 29.6 Å². The molecule has 8 heteroatoms. The van der Waals surface area contributed by atoms with Crippen LogP contribution in [0.2, 0.25) is 0 Å². The molecule has 1 aromatic carbocycles. The van der Waals surface area contributed by atoms with Gasteiger partial charge >= 0.3 is 0 Å². The third kappa shape index (κ3) is 5.79. The summed E-state index contributed by atoms with van der Waals surface area (Å²) in [7, 11) is 0. The van der Waals surface area contributed by atoms with Gasteiger partial charge in [-0.2, -0.15) is 0 Å². The molecule has 6 nitrogen and oxygen atoms in total. The van der Waals surface area contributed by atoms with Crippen LogP contribution >= 0.6 is 27.3 Å². The Hall–Kier alpha value is -2.16. The average molecular weight is 517 g/mol. The summed E-state index contributed by atoms with van der Waals surface area (Å²) in [6.45, 7) is 4.59. The number of nitrogens with two attached hydrogens (primary N) is 1. The summed E-state index contributed by atoms with van der Waals surface area (Å²) in [4.78, 5) is 19.6. The summed E-state index contributed by atoms with van der Waals surface area (Å²) in [5, 5.41) is 5.86. The van der Waals surface area contributed by atoms with Gasteiger partial charge in [0, 0.05) is 28.2 Å². The lowest BCUT2D eigenvalue weighted by molar-refractivity contribution is 0.0954. The molecule has 3 aromatic rings. The molecule has 1 saturated heterocycles. The van der Waals surface area contributed by atoms with Gasteiger partial charge in [0.25, 0.3) is 5.91 Å². The van der Waals surface area contributed by atoms with E-state index in [-0.39, 0.29) is 5.91 Å². The fourth-order valence-electron chi connectivity index (χ4n) is 4.03. The van der Waals surface area contributed by atoms with Crippen molar-refractivity contribution in [3.8, 4) is 5.75 Å². The van der Waals surface area contributed by atoms with Crippen LogP contribution in [0.25, 0.3) is 10.1 Å². The number of hydrogen-bond acceptors (Lipinski definition) is 6. The van der Waals surface area contributed by atoms with Crippen molar-refractivity contribution in [1.82, 2.24) is 15.2 Å². The molecule has 0 bridgehead atoms. The number of fused-ring (bicyclic) bond motifs is 1. The number of piperidine rings is 1. The Morgan fingerprint density at radius 1 is 1.19 bits per heavy atom. The first-order valence-corrected chi connectivity index (χ1v) is 12.8. The van der Waals surface area contributed by atoms with E-state index in [4.69, 9.17) is 10.5 Å². The van der Waals surface area contributed by atoms with Gasteiger partial charge in [0.1, 0.15) is 18.2 Å². The van der Waals surface area contributed by atoms with Gasteiger partial charge in [-0.1, -0.05) is 22.4 Å². The molecule has 1 amide bonds. The summed E-state index contributed by atoms with van der Waals surface area (Å²) < 4.78 is 7.77. The molecule has 2 aromatic heterocycles. The van der Waals surface area contributed by atoms with Crippen molar-refractivity contribution in [3.63, 3.8) is 0 Å². The number of aromatic nitrogens is 1. The number of benzene rings is 1. The first-order valence-electron chi connectivity index (χ1n) is 11.2. The maximum absolute atomic E-state index is 12.8. The number of nitrogens with one attached hydrogen (secondary N) is 1. The molecular formula is C24H29BrN4O2S. The van der Waals surface area contributed by atoms with Crippen LogP contribution < -0.4 is 15.8 Å². The molecule has 0 aliphatic carbocycles. The number of carbonyl (C=O) groups is 1. The summed E-state index contributed by atoms with van der Waals surface area (Å²) in [6.07, 6.45) is 7.65. The van der Waals surface area contributed by atoms with E-state index in [0.29, 0.717) is 24.5 Å². The standard InChI is InChI=1S/C24H29BrN4O2S/c25-18-6-8-19(9-7-18)31-15-17-16-32-22-20(14-28-23(26)21(17)22)24(30)27-10-2-5-13-29-11-3-1-4-12-29/h6-9,14,16H,1-5,10-13,15H2,(H2,26,28)(H,27,30). The van der Waals surface area contributed by atoms with Crippen LogP contribution in [-0.2, 0) is 6.61 Å². The number of halogens is 1. The van der Waals surface area contributed by atoms with E-state index in [1.165, 1.54) is 43.7 Å². The van der Waals surface area contributed by atoms with Crippen LogP contribution in [0.15, 0.2) is 40.3 Å². The Balaban J connectivity index is 1.34. The second-order valence-corrected chi connectivity index (χ2v) is 9.93. The second-order valence-electron chi connectivity index (χ2n) is 8.13. The van der Waals surface area contributed by atoms with Gasteiger partial charge in [-0.05, 0) is 75.0 Å². The van der Waals surface area contributed by atoms with Crippen molar-refractivity contribution in [2.24, 2.45) is 0 Å². The van der Waals surface area contributed by atoms with Crippen LogP contribution in [0, 0.1) is 0 Å². The first-order chi connectivity index (χ1) is 15.6. The molecule has 3 N–H and O–H groups in total. The minimum atomic E-state index is -0.0947. The summed E-state index contributed by atoms with van der Waals surface area (Å²) in [6, 6.07) is 7.69. The van der Waals surface area contributed by atoms with E-state index >= 15 is 0 Å². The maximum Gasteiger partial charge on any atom is 0.254 e. The molecule has 0 unspecified atom stereocenters.